The number of aromatic nitrogens is 6. The van der Waals surface area contributed by atoms with Crippen LogP contribution in [0.4, 0.5) is 34.1 Å². The van der Waals surface area contributed by atoms with E-state index in [0.717, 1.165) is 101 Å². The lowest BCUT2D eigenvalue weighted by atomic mass is 9.33. The first kappa shape index (κ1) is 52.5. The summed E-state index contributed by atoms with van der Waals surface area (Å²) in [6.45, 7) is 4.29. The molecule has 8 nitrogen and oxygen atoms in total. The van der Waals surface area contributed by atoms with Crippen LogP contribution in [-0.2, 0) is 0 Å². The predicted octanol–water partition coefficient (Wildman–Crippen LogP) is 18.1. The molecule has 422 valence electrons. The van der Waals surface area contributed by atoms with E-state index in [4.69, 9.17) is 24.9 Å². The molecule has 0 saturated carbocycles. The van der Waals surface area contributed by atoms with Gasteiger partial charge in [-0.25, -0.2) is 24.9 Å². The number of fused-ring (bicyclic) bond motifs is 7. The molecular weight excluding hydrogens is 1100 g/mol. The number of benzene rings is 12. The zero-order valence-electron chi connectivity index (χ0n) is 49.4. The number of aryl methyl sites for hydroxylation is 2. The third-order valence-corrected chi connectivity index (χ3v) is 17.7. The Morgan fingerprint density at radius 1 is 0.289 bits per heavy atom. The second-order valence-electron chi connectivity index (χ2n) is 23.3. The minimum absolute atomic E-state index is 0.0387. The van der Waals surface area contributed by atoms with E-state index < -0.39 is 0 Å². The Labute approximate surface area is 522 Å². The Balaban J connectivity index is 0.904. The lowest BCUT2D eigenvalue weighted by molar-refractivity contribution is 1.07. The van der Waals surface area contributed by atoms with E-state index in [1.165, 1.54) is 44.0 Å². The second-order valence-corrected chi connectivity index (χ2v) is 23.3. The summed E-state index contributed by atoms with van der Waals surface area (Å²) in [6.07, 6.45) is 0. The number of anilines is 6. The quantitative estimate of drug-likeness (QED) is 0.126. The maximum Gasteiger partial charge on any atom is 0.252 e. The normalized spacial score (nSPS) is 12.3. The largest absolute Gasteiger partial charge is 0.311 e. The molecule has 0 N–H and O–H groups in total. The molecule has 0 bridgehead atoms. The van der Waals surface area contributed by atoms with Gasteiger partial charge < -0.3 is 14.4 Å². The van der Waals surface area contributed by atoms with Crippen LogP contribution in [-0.4, -0.2) is 36.2 Å². The summed E-state index contributed by atoms with van der Waals surface area (Å²) in [5.74, 6) is 2.26. The van der Waals surface area contributed by atoms with Gasteiger partial charge in [0.25, 0.3) is 6.71 Å². The number of hydrogen-bond donors (Lipinski definition) is 0. The van der Waals surface area contributed by atoms with Crippen molar-refractivity contribution in [3.05, 3.63) is 308 Å². The summed E-state index contributed by atoms with van der Waals surface area (Å²) >= 11 is 0. The molecule has 2 aliphatic rings. The van der Waals surface area contributed by atoms with Crippen molar-refractivity contribution < 1.29 is 0 Å². The van der Waals surface area contributed by atoms with E-state index in [2.05, 4.69) is 265 Å². The molecule has 0 radical (unpaired) electrons. The number of nitrogens with zero attached hydrogens (tertiary/aromatic N) is 8. The van der Waals surface area contributed by atoms with E-state index in [1.807, 2.05) is 60.7 Å². The van der Waals surface area contributed by atoms with Crippen molar-refractivity contribution in [2.45, 2.75) is 13.8 Å². The van der Waals surface area contributed by atoms with Crippen LogP contribution >= 0.6 is 0 Å². The summed E-state index contributed by atoms with van der Waals surface area (Å²) in [6, 6.07) is 106. The van der Waals surface area contributed by atoms with Crippen LogP contribution in [0, 0.1) is 13.8 Å². The van der Waals surface area contributed by atoms with Crippen molar-refractivity contribution in [1.82, 2.24) is 29.5 Å². The Morgan fingerprint density at radius 2 is 0.756 bits per heavy atom. The van der Waals surface area contributed by atoms with Crippen molar-refractivity contribution in [2.75, 3.05) is 9.80 Å². The zero-order valence-corrected chi connectivity index (χ0v) is 49.4. The van der Waals surface area contributed by atoms with Crippen molar-refractivity contribution in [1.29, 1.82) is 0 Å². The fraction of sp³-hybridized carbons (Fsp3) is 0.0247. The molecule has 12 aromatic carbocycles. The Morgan fingerprint density at radius 3 is 1.34 bits per heavy atom. The van der Waals surface area contributed by atoms with Crippen LogP contribution in [0.5, 0.6) is 0 Å². The summed E-state index contributed by atoms with van der Waals surface area (Å²) in [7, 11) is 0. The first-order valence-electron chi connectivity index (χ1n) is 30.6. The van der Waals surface area contributed by atoms with Crippen molar-refractivity contribution in [3.63, 3.8) is 0 Å². The van der Waals surface area contributed by atoms with Crippen LogP contribution < -0.4 is 26.2 Å². The first-order valence-corrected chi connectivity index (χ1v) is 30.6. The molecule has 3 aromatic heterocycles. The molecule has 0 spiro atoms. The summed E-state index contributed by atoms with van der Waals surface area (Å²) in [5.41, 5.74) is 25.2. The number of para-hydroxylation sites is 4. The smallest absolute Gasteiger partial charge is 0.252 e. The predicted molar refractivity (Wildman–Crippen MR) is 371 cm³/mol. The maximum atomic E-state index is 5.76. The number of rotatable bonds is 10. The van der Waals surface area contributed by atoms with Gasteiger partial charge in [-0.15, -0.1) is 0 Å². The highest BCUT2D eigenvalue weighted by Gasteiger charge is 2.44. The van der Waals surface area contributed by atoms with Crippen LogP contribution in [0.25, 0.3) is 107 Å². The summed E-state index contributed by atoms with van der Waals surface area (Å²) in [4.78, 5) is 31.9. The maximum absolute atomic E-state index is 5.76. The van der Waals surface area contributed by atoms with E-state index in [1.54, 1.807) is 0 Å². The highest BCUT2D eigenvalue weighted by Crippen LogP contribution is 2.49. The fourth-order valence-corrected chi connectivity index (χ4v) is 13.7. The van der Waals surface area contributed by atoms with Gasteiger partial charge in [-0.3, -0.25) is 0 Å². The van der Waals surface area contributed by atoms with Crippen LogP contribution in [0.2, 0.25) is 0 Å². The van der Waals surface area contributed by atoms with Gasteiger partial charge in [-0.2, -0.15) is 0 Å². The van der Waals surface area contributed by atoms with Crippen molar-refractivity contribution in [3.8, 4) is 84.9 Å². The lowest BCUT2D eigenvalue weighted by Gasteiger charge is -2.45. The average Bonchev–Trinajstić information content (AvgIpc) is 0.809. The second kappa shape index (κ2) is 21.6. The Hall–Kier alpha value is -11.8. The third kappa shape index (κ3) is 8.89. The molecule has 0 amide bonds. The molecule has 2 aliphatic heterocycles. The van der Waals surface area contributed by atoms with E-state index in [9.17, 15) is 0 Å². The minimum atomic E-state index is -0.0387. The average molecular weight is 1150 g/mol. The van der Waals surface area contributed by atoms with Crippen molar-refractivity contribution in [2.24, 2.45) is 0 Å². The molecule has 0 atom stereocenters. The van der Waals surface area contributed by atoms with E-state index in [0.29, 0.717) is 23.3 Å². The summed E-state index contributed by atoms with van der Waals surface area (Å²) in [5, 5.41) is 2.35. The van der Waals surface area contributed by atoms with Gasteiger partial charge in [-0.05, 0) is 133 Å². The van der Waals surface area contributed by atoms with Gasteiger partial charge in [0, 0.05) is 78.2 Å². The van der Waals surface area contributed by atoms with Gasteiger partial charge in [0.05, 0.1) is 33.8 Å². The van der Waals surface area contributed by atoms with Gasteiger partial charge in [0.1, 0.15) is 0 Å². The highest BCUT2D eigenvalue weighted by atomic mass is 15.2. The van der Waals surface area contributed by atoms with E-state index in [-0.39, 0.29) is 6.71 Å². The van der Waals surface area contributed by atoms with Crippen LogP contribution in [0.15, 0.2) is 297 Å². The molecular formula is C81H55BN8. The molecule has 17 rings (SSSR count). The molecule has 0 fully saturated rings. The first-order chi connectivity index (χ1) is 44.5. The van der Waals surface area contributed by atoms with Gasteiger partial charge >= 0.3 is 0 Å². The molecule has 0 unspecified atom stereocenters. The van der Waals surface area contributed by atoms with E-state index >= 15 is 0 Å². The topological polar surface area (TPSA) is 75.9 Å². The highest BCUT2D eigenvalue weighted by molar-refractivity contribution is 7.00. The van der Waals surface area contributed by atoms with Crippen LogP contribution in [0.3, 0.4) is 0 Å². The molecule has 9 heteroatoms. The van der Waals surface area contributed by atoms with Gasteiger partial charge in [0.15, 0.2) is 23.3 Å². The van der Waals surface area contributed by atoms with Crippen molar-refractivity contribution >= 4 is 79.0 Å². The molecule has 90 heavy (non-hydrogen) atoms. The SMILES string of the molecule is Cc1ccc2c(c1)c1cc(C)ccc1n2-c1ccc(-c2nc(-c3ccccc3)nc(-c3ccccc3)n2)cc1-c1nc(-c2ccccc2)cc(-c2cccc(-c3ccc4c5c3N(c3ccccc3)c3ccccc3B5c3ccccc3N4c3ccccc3)c2)n1. The van der Waals surface area contributed by atoms with Gasteiger partial charge in [0.2, 0.25) is 0 Å². The Bertz CT molecular complexity index is 5160. The summed E-state index contributed by atoms with van der Waals surface area (Å²) < 4.78 is 2.38. The fourth-order valence-electron chi connectivity index (χ4n) is 13.7. The molecule has 0 saturated heterocycles. The minimum Gasteiger partial charge on any atom is -0.311 e. The van der Waals surface area contributed by atoms with Gasteiger partial charge in [-0.1, -0.05) is 211 Å². The lowest BCUT2D eigenvalue weighted by Crippen LogP contribution is -2.61. The molecule has 15 aromatic rings. The Kier molecular flexibility index (Phi) is 12.6. The van der Waals surface area contributed by atoms with Crippen LogP contribution in [0.1, 0.15) is 11.1 Å². The molecule has 0 aliphatic carbocycles. The standard InChI is InChI=1S/C81H55BN8/c1-52-39-43-70-63(47-52)64-48-53(2)40-44-71(64)90(70)72-45-41-59(80-86-78(55-25-10-4-11-26-55)85-79(87-80)56-27-12-5-13-28-56)50-65(72)81-83-68(54-23-8-3-9-24-54)51-69(84-81)58-30-22-29-57(49-58)62-42-46-75-76-77(62)89(61-33-16-7-17-34-61)74-38-21-19-36-67(74)82(76)66-35-18-20-37-73(66)88(75)60-31-14-6-15-32-60/h3-51H,1-2H3. The zero-order chi connectivity index (χ0) is 59.8. The number of hydrogen-bond acceptors (Lipinski definition) is 7. The monoisotopic (exact) mass is 1150 g/mol. The molecule has 5 heterocycles. The third-order valence-electron chi connectivity index (χ3n) is 17.7.